The van der Waals surface area contributed by atoms with Crippen molar-refractivity contribution in [1.29, 1.82) is 0 Å². The number of rotatable bonds is 17. The van der Waals surface area contributed by atoms with Crippen LogP contribution in [0, 0.1) is 5.92 Å². The highest BCUT2D eigenvalue weighted by atomic mass is 16.5. The van der Waals surface area contributed by atoms with Crippen LogP contribution in [0.25, 0.3) is 10.9 Å². The first-order chi connectivity index (χ1) is 36.3. The van der Waals surface area contributed by atoms with Crippen LogP contribution in [-0.4, -0.2) is 145 Å². The number of hydrogen-bond donors (Lipinski definition) is 9. The predicted octanol–water partition coefficient (Wildman–Crippen LogP) is 2.51. The lowest BCUT2D eigenvalue weighted by Gasteiger charge is -2.43. The van der Waals surface area contributed by atoms with E-state index in [0.29, 0.717) is 29.5 Å². The fourth-order valence-corrected chi connectivity index (χ4v) is 9.52. The highest BCUT2D eigenvalue weighted by Gasteiger charge is 2.46. The second-order valence-corrected chi connectivity index (χ2v) is 19.9. The number of carboxylic acids is 1. The summed E-state index contributed by atoms with van der Waals surface area (Å²) < 4.78 is 5.95. The van der Waals surface area contributed by atoms with Crippen LogP contribution in [0.4, 0.5) is 0 Å². The number of hydrogen-bond acceptors (Lipinski definition) is 12. The molecule has 7 amide bonds. The summed E-state index contributed by atoms with van der Waals surface area (Å²) in [6.45, 7) is 6.48. The number of aromatic hydroxyl groups is 1. The molecule has 0 saturated carbocycles. The summed E-state index contributed by atoms with van der Waals surface area (Å²) in [6, 6.07) is 11.3. The molecule has 0 spiro atoms. The van der Waals surface area contributed by atoms with Crippen molar-refractivity contribution >= 4 is 64.2 Å². The van der Waals surface area contributed by atoms with E-state index >= 15 is 4.79 Å². The maximum Gasteiger partial charge on any atom is 0.329 e. The van der Waals surface area contributed by atoms with Gasteiger partial charge in [-0.3, -0.25) is 38.4 Å². The number of aliphatic hydroxyl groups is 1. The van der Waals surface area contributed by atoms with Gasteiger partial charge in [-0.05, 0) is 73.4 Å². The van der Waals surface area contributed by atoms with Gasteiger partial charge in [0.05, 0.1) is 0 Å². The summed E-state index contributed by atoms with van der Waals surface area (Å²) in [5.74, 6) is -9.03. The number of H-pyrrole nitrogens is 1. The van der Waals surface area contributed by atoms with Crippen LogP contribution in [0.5, 0.6) is 5.75 Å². The number of nitrogens with one attached hydrogen (secondary N) is 6. The molecule has 76 heavy (non-hydrogen) atoms. The van der Waals surface area contributed by atoms with Gasteiger partial charge in [-0.2, -0.15) is 0 Å². The largest absolute Gasteiger partial charge is 0.508 e. The number of fused-ring (bicyclic) bond motifs is 3. The molecule has 0 unspecified atom stereocenters. The number of phenolic OH excluding ortho intramolecular Hbond substituents is 1. The molecule has 0 radical (unpaired) electrons. The molecule has 408 valence electrons. The van der Waals surface area contributed by atoms with E-state index in [1.54, 1.807) is 50.4 Å². The number of aliphatic hydroxyl groups excluding tert-OH is 1. The van der Waals surface area contributed by atoms with Gasteiger partial charge in [-0.15, -0.1) is 0 Å². The van der Waals surface area contributed by atoms with Crippen LogP contribution in [0.1, 0.15) is 95.8 Å². The zero-order valence-electron chi connectivity index (χ0n) is 43.5. The van der Waals surface area contributed by atoms with E-state index in [4.69, 9.17) is 4.74 Å². The molecule has 21 heteroatoms. The average Bonchev–Trinajstić information content (AvgIpc) is 3.80. The molecule has 0 aliphatic carbocycles. The monoisotopic (exact) mass is 1050 g/mol. The number of likely N-dealkylation sites (N-methyl/N-ethyl adjacent to an activating group) is 1. The molecule has 2 saturated heterocycles. The van der Waals surface area contributed by atoms with Gasteiger partial charge in [0.15, 0.2) is 0 Å². The normalized spacial score (nSPS) is 23.6. The molecule has 9 atom stereocenters. The second-order valence-electron chi connectivity index (χ2n) is 19.9. The van der Waals surface area contributed by atoms with E-state index in [1.807, 2.05) is 31.2 Å². The SMILES string of the molecule is CCCCCC(=O)N[C@@H](CCC(=O)O)C(=O)N[C@@H]1C(=O)N[C@@H](Cc2ccc(O)cc2)C(=O)N[C@H]2CC[C@@H](O)N(C2=O)[C@@H](Cc2ccccc2)C(=O)N(C)[C@@H](Cc2c[nH]c3ccccc23)C(=O)N[C@@H](C(C)C)C(=O)O[C@@H]1C. The van der Waals surface area contributed by atoms with Crippen molar-refractivity contribution in [2.45, 2.75) is 153 Å². The number of unbranched alkanes of at least 4 members (excludes halogenated alkanes) is 2. The maximum absolute atomic E-state index is 15.3. The number of aromatic nitrogens is 1. The molecule has 2 fully saturated rings. The zero-order chi connectivity index (χ0) is 55.2. The number of phenols is 1. The second kappa shape index (κ2) is 26.6. The van der Waals surface area contributed by atoms with Gasteiger partial charge in [0.2, 0.25) is 41.4 Å². The third-order valence-electron chi connectivity index (χ3n) is 13.9. The number of aromatic amines is 1. The number of nitrogens with zero attached hydrogens (tertiary/aromatic N) is 2. The Balaban J connectivity index is 1.46. The highest BCUT2D eigenvalue weighted by Crippen LogP contribution is 2.27. The molecule has 21 nitrogen and oxygen atoms in total. The van der Waals surface area contributed by atoms with Crippen molar-refractivity contribution in [3.63, 3.8) is 0 Å². The first kappa shape index (κ1) is 57.5. The summed E-state index contributed by atoms with van der Waals surface area (Å²) in [4.78, 5) is 134. The Morgan fingerprint density at radius 3 is 2.14 bits per heavy atom. The number of ether oxygens (including phenoxy) is 1. The number of amides is 7. The van der Waals surface area contributed by atoms with E-state index in [9.17, 15) is 53.7 Å². The van der Waals surface area contributed by atoms with Crippen molar-refractivity contribution in [3.05, 3.63) is 102 Å². The third kappa shape index (κ3) is 14.9. The average molecular weight is 1050 g/mol. The van der Waals surface area contributed by atoms with Gasteiger partial charge in [-0.25, -0.2) is 4.79 Å². The number of carbonyl (C=O) groups is 9. The minimum Gasteiger partial charge on any atom is -0.508 e. The summed E-state index contributed by atoms with van der Waals surface area (Å²) in [7, 11) is 1.39. The predicted molar refractivity (Wildman–Crippen MR) is 277 cm³/mol. The number of carboxylic acid groups (broad SMARTS) is 1. The molecule has 2 aliphatic rings. The molecule has 1 aromatic heterocycles. The Labute approximate surface area is 440 Å². The van der Waals surface area contributed by atoms with Gasteiger partial charge >= 0.3 is 11.9 Å². The van der Waals surface area contributed by atoms with Crippen molar-refractivity contribution in [1.82, 2.24) is 41.4 Å². The Kier molecular flexibility index (Phi) is 20.1. The van der Waals surface area contributed by atoms with Crippen LogP contribution in [0.3, 0.4) is 0 Å². The van der Waals surface area contributed by atoms with Crippen LogP contribution in [-0.2, 0) is 67.2 Å². The molecule has 3 heterocycles. The molecule has 3 aromatic carbocycles. The van der Waals surface area contributed by atoms with Gasteiger partial charge < -0.3 is 61.4 Å². The van der Waals surface area contributed by atoms with Crippen molar-refractivity contribution in [3.8, 4) is 5.75 Å². The van der Waals surface area contributed by atoms with Crippen molar-refractivity contribution in [2.24, 2.45) is 5.92 Å². The molecular weight excluding hydrogens is 981 g/mol. The minimum atomic E-state index is -1.85. The van der Waals surface area contributed by atoms with Crippen LogP contribution >= 0.6 is 0 Å². The third-order valence-corrected chi connectivity index (χ3v) is 13.9. The van der Waals surface area contributed by atoms with Gasteiger partial charge in [0, 0.05) is 56.3 Å². The van der Waals surface area contributed by atoms with Crippen LogP contribution in [0.15, 0.2) is 85.1 Å². The Morgan fingerprint density at radius 2 is 1.46 bits per heavy atom. The smallest absolute Gasteiger partial charge is 0.329 e. The number of piperidine rings is 1. The molecule has 4 aromatic rings. The quantitative estimate of drug-likeness (QED) is 0.0543. The molecule has 9 N–H and O–H groups in total. The first-order valence-electron chi connectivity index (χ1n) is 25.8. The molecule has 6 rings (SSSR count). The molecule has 2 aliphatic heterocycles. The van der Waals surface area contributed by atoms with Gasteiger partial charge in [0.1, 0.15) is 60.4 Å². The van der Waals surface area contributed by atoms with E-state index in [0.717, 1.165) is 22.2 Å². The fourth-order valence-electron chi connectivity index (χ4n) is 9.52. The van der Waals surface area contributed by atoms with Gasteiger partial charge in [-0.1, -0.05) is 94.3 Å². The maximum atomic E-state index is 15.3. The lowest BCUT2D eigenvalue weighted by atomic mass is 9.95. The lowest BCUT2D eigenvalue weighted by Crippen LogP contribution is -2.65. The van der Waals surface area contributed by atoms with Crippen molar-refractivity contribution < 1.29 is 63.2 Å². The minimum absolute atomic E-state index is 0.0273. The number of para-hydroxylation sites is 1. The highest BCUT2D eigenvalue weighted by molar-refractivity contribution is 5.99. The number of aliphatic carboxylic acids is 1. The zero-order valence-corrected chi connectivity index (χ0v) is 43.5. The topological polar surface area (TPSA) is 306 Å². The van der Waals surface area contributed by atoms with Crippen LogP contribution in [0.2, 0.25) is 0 Å². The summed E-state index contributed by atoms with van der Waals surface area (Å²) in [5.41, 5.74) is 2.41. The van der Waals surface area contributed by atoms with E-state index < -0.39 is 120 Å². The van der Waals surface area contributed by atoms with E-state index in [-0.39, 0.29) is 50.7 Å². The summed E-state index contributed by atoms with van der Waals surface area (Å²) >= 11 is 0. The summed E-state index contributed by atoms with van der Waals surface area (Å²) in [5, 5.41) is 45.3. The Morgan fingerprint density at radius 1 is 0.776 bits per heavy atom. The van der Waals surface area contributed by atoms with E-state index in [2.05, 4.69) is 31.6 Å². The van der Waals surface area contributed by atoms with Crippen molar-refractivity contribution in [2.75, 3.05) is 7.05 Å². The Bertz CT molecular complexity index is 2710. The number of benzene rings is 3. The first-order valence-corrected chi connectivity index (χ1v) is 25.8. The van der Waals surface area contributed by atoms with Gasteiger partial charge in [0.25, 0.3) is 0 Å². The van der Waals surface area contributed by atoms with Crippen LogP contribution < -0.4 is 26.6 Å². The fraction of sp³-hybridized carbons (Fsp3) is 0.473. The molecule has 2 bridgehead atoms. The standard InChI is InChI=1S/C55H70N8O13/c1-6-7-9-18-44(65)57-39(24-26-46(67)68)49(69)61-48-32(4)76-55(75)47(31(2)3)60-51(71)42(29-35-30-56-38-17-13-12-16-37(35)38)62(5)54(74)43(28-33-14-10-8-11-15-33)63-45(66)25-23-40(53(63)73)58-50(70)41(59-52(48)72)27-34-19-21-36(64)22-20-34/h8,10-17,19-22,30-32,39-43,45,47-48,56,64,66H,6-7,9,18,23-29H2,1-5H3,(H,57,65)(H,58,70)(H,59,72)(H,60,71)(H,61,69)(H,67,68)/t32-,39+,40+,41+,42+,43+,45-,47+,48+/m1/s1. The van der Waals surface area contributed by atoms with E-state index in [1.165, 1.54) is 43.1 Å². The Hall–Kier alpha value is -7.81. The number of carbonyl (C=O) groups excluding carboxylic acids is 8. The lowest BCUT2D eigenvalue weighted by molar-refractivity contribution is -0.165. The summed E-state index contributed by atoms with van der Waals surface area (Å²) in [6.07, 6.45) is -1.01. The number of esters is 1. The number of cyclic esters (lactones) is 1. The molecular formula is C55H70N8O13.